The van der Waals surface area contributed by atoms with Gasteiger partial charge in [0.15, 0.2) is 0 Å². The monoisotopic (exact) mass is 288 g/mol. The molecule has 0 bridgehead atoms. The summed E-state index contributed by atoms with van der Waals surface area (Å²) in [6.07, 6.45) is 2.71. The molecular formula is C16H24N4O. The molecule has 2 aliphatic rings. The van der Waals surface area contributed by atoms with Crippen LogP contribution in [0.2, 0.25) is 0 Å². The number of nitrogens with two attached hydrogens (primary N) is 1. The lowest BCUT2D eigenvalue weighted by atomic mass is 10.2. The topological polar surface area (TPSA) is 61.6 Å². The SMILES string of the molecule is NCc1ccccc1NC(=O)CN1CCN(C2CC2)CC1. The summed E-state index contributed by atoms with van der Waals surface area (Å²) in [5, 5.41) is 2.98. The van der Waals surface area contributed by atoms with Crippen LogP contribution in [0.25, 0.3) is 0 Å². The zero-order valence-electron chi connectivity index (χ0n) is 12.4. The first-order valence-corrected chi connectivity index (χ1v) is 7.80. The molecule has 1 aliphatic carbocycles. The molecule has 21 heavy (non-hydrogen) atoms. The number of carbonyl (C=O) groups excluding carboxylic acids is 1. The Balaban J connectivity index is 1.48. The number of nitrogens with zero attached hydrogens (tertiary/aromatic N) is 2. The fourth-order valence-electron chi connectivity index (χ4n) is 2.94. The van der Waals surface area contributed by atoms with E-state index in [4.69, 9.17) is 5.73 Å². The first-order valence-electron chi connectivity index (χ1n) is 7.80. The molecule has 0 atom stereocenters. The number of benzene rings is 1. The zero-order valence-corrected chi connectivity index (χ0v) is 12.4. The van der Waals surface area contributed by atoms with E-state index >= 15 is 0 Å². The molecule has 5 nitrogen and oxygen atoms in total. The fourth-order valence-corrected chi connectivity index (χ4v) is 2.94. The smallest absolute Gasteiger partial charge is 0.238 e. The number of para-hydroxylation sites is 1. The first-order chi connectivity index (χ1) is 10.3. The molecule has 1 aromatic carbocycles. The van der Waals surface area contributed by atoms with Gasteiger partial charge in [-0.1, -0.05) is 18.2 Å². The van der Waals surface area contributed by atoms with Crippen LogP contribution in [0.15, 0.2) is 24.3 Å². The van der Waals surface area contributed by atoms with Gasteiger partial charge in [-0.05, 0) is 24.5 Å². The quantitative estimate of drug-likeness (QED) is 0.844. The second-order valence-electron chi connectivity index (χ2n) is 5.95. The molecule has 1 aliphatic heterocycles. The van der Waals surface area contributed by atoms with E-state index in [-0.39, 0.29) is 5.91 Å². The Morgan fingerprint density at radius 3 is 2.57 bits per heavy atom. The van der Waals surface area contributed by atoms with Gasteiger partial charge < -0.3 is 11.1 Å². The summed E-state index contributed by atoms with van der Waals surface area (Å²) in [6.45, 7) is 5.08. The van der Waals surface area contributed by atoms with Crippen LogP contribution in [0.4, 0.5) is 5.69 Å². The van der Waals surface area contributed by atoms with Gasteiger partial charge in [-0.15, -0.1) is 0 Å². The number of nitrogens with one attached hydrogen (secondary N) is 1. The largest absolute Gasteiger partial charge is 0.326 e. The van der Waals surface area contributed by atoms with Crippen LogP contribution in [0, 0.1) is 0 Å². The molecule has 0 radical (unpaired) electrons. The Bertz CT molecular complexity index is 493. The standard InChI is InChI=1S/C16H24N4O/c17-11-13-3-1-2-4-15(13)18-16(21)12-19-7-9-20(10-8-19)14-5-6-14/h1-4,14H,5-12,17H2,(H,18,21). The van der Waals surface area contributed by atoms with Gasteiger partial charge >= 0.3 is 0 Å². The second-order valence-corrected chi connectivity index (χ2v) is 5.95. The van der Waals surface area contributed by atoms with Crippen molar-refractivity contribution < 1.29 is 4.79 Å². The minimum Gasteiger partial charge on any atom is -0.326 e. The van der Waals surface area contributed by atoms with Gasteiger partial charge in [0.1, 0.15) is 0 Å². The van der Waals surface area contributed by atoms with Gasteiger partial charge in [0.2, 0.25) is 5.91 Å². The van der Waals surface area contributed by atoms with Crippen molar-refractivity contribution in [2.75, 3.05) is 38.0 Å². The van der Waals surface area contributed by atoms with Gasteiger partial charge in [0.25, 0.3) is 0 Å². The Morgan fingerprint density at radius 2 is 1.90 bits per heavy atom. The van der Waals surface area contributed by atoms with E-state index in [0.29, 0.717) is 13.1 Å². The lowest BCUT2D eigenvalue weighted by molar-refractivity contribution is -0.117. The Labute approximate surface area is 126 Å². The molecule has 1 aromatic rings. The summed E-state index contributed by atoms with van der Waals surface area (Å²) in [5.74, 6) is 0.0516. The summed E-state index contributed by atoms with van der Waals surface area (Å²) < 4.78 is 0. The van der Waals surface area contributed by atoms with Gasteiger partial charge in [0, 0.05) is 44.5 Å². The molecule has 1 amide bonds. The van der Waals surface area contributed by atoms with Crippen LogP contribution in [-0.2, 0) is 11.3 Å². The van der Waals surface area contributed by atoms with Crippen LogP contribution in [0.1, 0.15) is 18.4 Å². The van der Waals surface area contributed by atoms with Crippen LogP contribution < -0.4 is 11.1 Å². The molecule has 0 unspecified atom stereocenters. The molecule has 2 fully saturated rings. The number of amides is 1. The average Bonchev–Trinajstić information content (AvgIpc) is 3.33. The maximum atomic E-state index is 12.2. The van der Waals surface area contributed by atoms with Crippen LogP contribution >= 0.6 is 0 Å². The van der Waals surface area contributed by atoms with Crippen molar-refractivity contribution in [2.45, 2.75) is 25.4 Å². The predicted octanol–water partition coefficient (Wildman–Crippen LogP) is 0.864. The molecule has 1 saturated carbocycles. The van der Waals surface area contributed by atoms with Crippen molar-refractivity contribution in [3.8, 4) is 0 Å². The lowest BCUT2D eigenvalue weighted by Crippen LogP contribution is -2.49. The molecule has 0 spiro atoms. The number of hydrogen-bond donors (Lipinski definition) is 2. The number of carbonyl (C=O) groups is 1. The zero-order chi connectivity index (χ0) is 14.7. The van der Waals surface area contributed by atoms with E-state index in [0.717, 1.165) is 43.5 Å². The first kappa shape index (κ1) is 14.5. The van der Waals surface area contributed by atoms with Crippen molar-refractivity contribution in [2.24, 2.45) is 5.73 Å². The second kappa shape index (κ2) is 6.56. The molecule has 1 heterocycles. The Kier molecular flexibility index (Phi) is 4.53. The Hall–Kier alpha value is -1.43. The van der Waals surface area contributed by atoms with E-state index in [2.05, 4.69) is 15.1 Å². The van der Waals surface area contributed by atoms with E-state index in [1.807, 2.05) is 24.3 Å². The molecule has 0 aromatic heterocycles. The molecule has 114 valence electrons. The van der Waals surface area contributed by atoms with Crippen molar-refractivity contribution in [3.05, 3.63) is 29.8 Å². The number of piperazine rings is 1. The van der Waals surface area contributed by atoms with Crippen molar-refractivity contribution in [1.29, 1.82) is 0 Å². The van der Waals surface area contributed by atoms with Crippen molar-refractivity contribution in [3.63, 3.8) is 0 Å². The number of anilines is 1. The summed E-state index contributed by atoms with van der Waals surface area (Å²) in [6, 6.07) is 8.55. The van der Waals surface area contributed by atoms with Crippen molar-refractivity contribution >= 4 is 11.6 Å². The third kappa shape index (κ3) is 3.81. The summed E-state index contributed by atoms with van der Waals surface area (Å²) in [4.78, 5) is 17.0. The van der Waals surface area contributed by atoms with E-state index in [9.17, 15) is 4.79 Å². The highest BCUT2D eigenvalue weighted by Gasteiger charge is 2.31. The Morgan fingerprint density at radius 1 is 1.19 bits per heavy atom. The highest BCUT2D eigenvalue weighted by atomic mass is 16.2. The number of hydrogen-bond acceptors (Lipinski definition) is 4. The maximum Gasteiger partial charge on any atom is 0.238 e. The third-order valence-electron chi connectivity index (χ3n) is 4.35. The summed E-state index contributed by atoms with van der Waals surface area (Å²) >= 11 is 0. The molecule has 3 rings (SSSR count). The minimum atomic E-state index is 0.0516. The highest BCUT2D eigenvalue weighted by Crippen LogP contribution is 2.27. The normalized spacial score (nSPS) is 20.4. The van der Waals surface area contributed by atoms with Crippen LogP contribution in [0.5, 0.6) is 0 Å². The predicted molar refractivity (Wildman–Crippen MR) is 84.0 cm³/mol. The van der Waals surface area contributed by atoms with Crippen molar-refractivity contribution in [1.82, 2.24) is 9.80 Å². The highest BCUT2D eigenvalue weighted by molar-refractivity contribution is 5.93. The molecule has 3 N–H and O–H groups in total. The summed E-state index contributed by atoms with van der Waals surface area (Å²) in [5.41, 5.74) is 7.50. The van der Waals surface area contributed by atoms with Gasteiger partial charge in [-0.3, -0.25) is 14.6 Å². The van der Waals surface area contributed by atoms with Gasteiger partial charge in [-0.25, -0.2) is 0 Å². The third-order valence-corrected chi connectivity index (χ3v) is 4.35. The van der Waals surface area contributed by atoms with Gasteiger partial charge in [0.05, 0.1) is 6.54 Å². The maximum absolute atomic E-state index is 12.2. The van der Waals surface area contributed by atoms with Crippen LogP contribution in [-0.4, -0.2) is 54.5 Å². The minimum absolute atomic E-state index is 0.0516. The van der Waals surface area contributed by atoms with Crippen LogP contribution in [0.3, 0.4) is 0 Å². The van der Waals surface area contributed by atoms with Gasteiger partial charge in [-0.2, -0.15) is 0 Å². The molecular weight excluding hydrogens is 264 g/mol. The van der Waals surface area contributed by atoms with E-state index < -0.39 is 0 Å². The van der Waals surface area contributed by atoms with E-state index in [1.54, 1.807) is 0 Å². The summed E-state index contributed by atoms with van der Waals surface area (Å²) in [7, 11) is 0. The lowest BCUT2D eigenvalue weighted by Gasteiger charge is -2.34. The molecule has 5 heteroatoms. The van der Waals surface area contributed by atoms with E-state index in [1.165, 1.54) is 12.8 Å². The molecule has 1 saturated heterocycles. The fraction of sp³-hybridized carbons (Fsp3) is 0.562. The number of rotatable bonds is 5. The average molecular weight is 288 g/mol.